The molecule has 0 aliphatic heterocycles. The van der Waals surface area contributed by atoms with Gasteiger partial charge < -0.3 is 10.1 Å². The highest BCUT2D eigenvalue weighted by atomic mass is 32.1. The van der Waals surface area contributed by atoms with Gasteiger partial charge in [-0.3, -0.25) is 4.79 Å². The van der Waals surface area contributed by atoms with Gasteiger partial charge in [-0.15, -0.1) is 16.4 Å². The first-order chi connectivity index (χ1) is 11.3. The number of benzene rings is 1. The van der Waals surface area contributed by atoms with E-state index in [1.54, 1.807) is 11.3 Å². The summed E-state index contributed by atoms with van der Waals surface area (Å²) in [5, 5.41) is 9.49. The standard InChI is InChI=1S/C16H16N4O2S/c1-22-11-14(21)20-16(17-10-13-8-5-9-23-13)18-15(19-20)12-6-3-2-4-7-12/h2-9H,10-11H2,1H3,(H,17,18,19). The minimum absolute atomic E-state index is 0.0503. The fraction of sp³-hybridized carbons (Fsp3) is 0.188. The smallest absolute Gasteiger partial charge is 0.276 e. The minimum atomic E-state index is -0.268. The summed E-state index contributed by atoms with van der Waals surface area (Å²) < 4.78 is 6.18. The topological polar surface area (TPSA) is 69.0 Å². The van der Waals surface area contributed by atoms with E-state index in [9.17, 15) is 4.79 Å². The number of rotatable bonds is 6. The predicted octanol–water partition coefficient (Wildman–Crippen LogP) is 2.91. The van der Waals surface area contributed by atoms with E-state index in [-0.39, 0.29) is 12.5 Å². The lowest BCUT2D eigenvalue weighted by atomic mass is 10.2. The van der Waals surface area contributed by atoms with Gasteiger partial charge in [0, 0.05) is 17.6 Å². The fourth-order valence-corrected chi connectivity index (χ4v) is 2.72. The largest absolute Gasteiger partial charge is 0.375 e. The number of hydrogen-bond acceptors (Lipinski definition) is 6. The van der Waals surface area contributed by atoms with Gasteiger partial charge in [0.05, 0.1) is 6.54 Å². The molecule has 2 heterocycles. The molecule has 0 radical (unpaired) electrons. The molecular formula is C16H16N4O2S. The maximum atomic E-state index is 12.2. The van der Waals surface area contributed by atoms with E-state index < -0.39 is 0 Å². The van der Waals surface area contributed by atoms with Crippen molar-refractivity contribution in [1.29, 1.82) is 0 Å². The van der Waals surface area contributed by atoms with Gasteiger partial charge in [-0.25, -0.2) is 0 Å². The Morgan fingerprint density at radius 2 is 2.09 bits per heavy atom. The van der Waals surface area contributed by atoms with Crippen LogP contribution in [0.4, 0.5) is 5.95 Å². The molecule has 0 amide bonds. The van der Waals surface area contributed by atoms with E-state index in [4.69, 9.17) is 4.74 Å². The molecule has 1 N–H and O–H groups in total. The summed E-state index contributed by atoms with van der Waals surface area (Å²) in [4.78, 5) is 17.8. The summed E-state index contributed by atoms with van der Waals surface area (Å²) in [6, 6.07) is 13.6. The highest BCUT2D eigenvalue weighted by molar-refractivity contribution is 7.09. The van der Waals surface area contributed by atoms with E-state index in [1.807, 2.05) is 47.8 Å². The number of aromatic nitrogens is 3. The Kier molecular flexibility index (Phi) is 4.80. The number of nitrogens with zero attached hydrogens (tertiary/aromatic N) is 3. The highest BCUT2D eigenvalue weighted by Crippen LogP contribution is 2.18. The van der Waals surface area contributed by atoms with Crippen LogP contribution in [0.2, 0.25) is 0 Å². The first kappa shape index (κ1) is 15.4. The van der Waals surface area contributed by atoms with Crippen molar-refractivity contribution in [2.75, 3.05) is 19.0 Å². The monoisotopic (exact) mass is 328 g/mol. The predicted molar refractivity (Wildman–Crippen MR) is 89.6 cm³/mol. The average molecular weight is 328 g/mol. The van der Waals surface area contributed by atoms with Crippen molar-refractivity contribution in [3.05, 3.63) is 52.7 Å². The third kappa shape index (κ3) is 3.64. The molecule has 0 unspecified atom stereocenters. The Balaban J connectivity index is 1.88. The van der Waals surface area contributed by atoms with Gasteiger partial charge in [0.2, 0.25) is 5.95 Å². The molecule has 0 saturated heterocycles. The zero-order valence-corrected chi connectivity index (χ0v) is 13.4. The molecule has 0 aliphatic carbocycles. The van der Waals surface area contributed by atoms with Crippen LogP contribution in [-0.2, 0) is 11.3 Å². The van der Waals surface area contributed by atoms with Crippen LogP contribution in [0.1, 0.15) is 9.67 Å². The summed E-state index contributed by atoms with van der Waals surface area (Å²) in [5.74, 6) is 0.652. The van der Waals surface area contributed by atoms with Crippen LogP contribution in [0.3, 0.4) is 0 Å². The Hall–Kier alpha value is -2.51. The lowest BCUT2D eigenvalue weighted by molar-refractivity contribution is 0.0748. The molecule has 0 fully saturated rings. The third-order valence-electron chi connectivity index (χ3n) is 3.14. The van der Waals surface area contributed by atoms with Crippen molar-refractivity contribution < 1.29 is 9.53 Å². The molecule has 7 heteroatoms. The van der Waals surface area contributed by atoms with Crippen LogP contribution in [0.15, 0.2) is 47.8 Å². The molecule has 3 aromatic rings. The van der Waals surface area contributed by atoms with Crippen molar-refractivity contribution in [3.63, 3.8) is 0 Å². The minimum Gasteiger partial charge on any atom is -0.375 e. The number of hydrogen-bond donors (Lipinski definition) is 1. The van der Waals surface area contributed by atoms with Crippen molar-refractivity contribution >= 4 is 23.2 Å². The molecule has 3 rings (SSSR count). The second-order valence-corrected chi connectivity index (χ2v) is 5.83. The van der Waals surface area contributed by atoms with E-state index in [0.29, 0.717) is 18.3 Å². The van der Waals surface area contributed by atoms with Gasteiger partial charge in [0.25, 0.3) is 5.91 Å². The summed E-state index contributed by atoms with van der Waals surface area (Å²) in [6.45, 7) is 0.538. The van der Waals surface area contributed by atoms with Crippen molar-refractivity contribution in [1.82, 2.24) is 14.8 Å². The number of carbonyl (C=O) groups excluding carboxylic acids is 1. The van der Waals surface area contributed by atoms with Gasteiger partial charge >= 0.3 is 0 Å². The van der Waals surface area contributed by atoms with Crippen LogP contribution in [0, 0.1) is 0 Å². The van der Waals surface area contributed by atoms with Crippen LogP contribution in [-0.4, -0.2) is 34.4 Å². The van der Waals surface area contributed by atoms with Crippen molar-refractivity contribution in [2.24, 2.45) is 0 Å². The van der Waals surface area contributed by atoms with E-state index in [0.717, 1.165) is 10.4 Å². The summed E-state index contributed by atoms with van der Waals surface area (Å²) in [6.07, 6.45) is 0. The molecule has 118 valence electrons. The van der Waals surface area contributed by atoms with Gasteiger partial charge in [0.15, 0.2) is 5.82 Å². The van der Waals surface area contributed by atoms with E-state index in [2.05, 4.69) is 15.4 Å². The maximum Gasteiger partial charge on any atom is 0.276 e. The van der Waals surface area contributed by atoms with Gasteiger partial charge in [0.1, 0.15) is 6.61 Å². The van der Waals surface area contributed by atoms with Crippen molar-refractivity contribution in [2.45, 2.75) is 6.54 Å². The Bertz CT molecular complexity index is 769. The third-order valence-corrected chi connectivity index (χ3v) is 4.02. The quantitative estimate of drug-likeness (QED) is 0.753. The number of methoxy groups -OCH3 is 1. The second kappa shape index (κ2) is 7.17. The molecule has 0 atom stereocenters. The zero-order valence-electron chi connectivity index (χ0n) is 12.6. The van der Waals surface area contributed by atoms with Gasteiger partial charge in [-0.05, 0) is 11.4 Å². The molecule has 0 saturated carbocycles. The Morgan fingerprint density at radius 1 is 1.26 bits per heavy atom. The number of thiophene rings is 1. The van der Waals surface area contributed by atoms with Gasteiger partial charge in [-0.1, -0.05) is 36.4 Å². The molecule has 0 spiro atoms. The number of anilines is 1. The Morgan fingerprint density at radius 3 is 2.78 bits per heavy atom. The van der Waals surface area contributed by atoms with E-state index >= 15 is 0 Å². The lowest BCUT2D eigenvalue weighted by Gasteiger charge is -2.05. The number of nitrogens with one attached hydrogen (secondary N) is 1. The molecular weight excluding hydrogens is 312 g/mol. The average Bonchev–Trinajstić information content (AvgIpc) is 3.23. The first-order valence-corrected chi connectivity index (χ1v) is 7.97. The maximum absolute atomic E-state index is 12.2. The zero-order chi connectivity index (χ0) is 16.1. The van der Waals surface area contributed by atoms with E-state index in [1.165, 1.54) is 11.8 Å². The summed E-state index contributed by atoms with van der Waals surface area (Å²) in [7, 11) is 1.48. The van der Waals surface area contributed by atoms with Crippen LogP contribution in [0.5, 0.6) is 0 Å². The highest BCUT2D eigenvalue weighted by Gasteiger charge is 2.17. The molecule has 0 bridgehead atoms. The Labute approximate surface area is 137 Å². The summed E-state index contributed by atoms with van der Waals surface area (Å²) in [5.41, 5.74) is 0.857. The molecule has 0 aliphatic rings. The van der Waals surface area contributed by atoms with Crippen LogP contribution < -0.4 is 5.32 Å². The lowest BCUT2D eigenvalue weighted by Crippen LogP contribution is -2.20. The molecule has 23 heavy (non-hydrogen) atoms. The molecule has 2 aromatic heterocycles. The molecule has 6 nitrogen and oxygen atoms in total. The number of ether oxygens (including phenoxy) is 1. The SMILES string of the molecule is COCC(=O)n1nc(-c2ccccc2)nc1NCc1cccs1. The molecule has 1 aromatic carbocycles. The fourth-order valence-electron chi connectivity index (χ4n) is 2.07. The summed E-state index contributed by atoms with van der Waals surface area (Å²) >= 11 is 1.64. The van der Waals surface area contributed by atoms with Gasteiger partial charge in [-0.2, -0.15) is 9.67 Å². The second-order valence-electron chi connectivity index (χ2n) is 4.80. The number of carbonyl (C=O) groups is 1. The van der Waals surface area contributed by atoms with Crippen LogP contribution in [0.25, 0.3) is 11.4 Å². The first-order valence-electron chi connectivity index (χ1n) is 7.09. The normalized spacial score (nSPS) is 10.7. The van der Waals surface area contributed by atoms with Crippen LogP contribution >= 0.6 is 11.3 Å². The van der Waals surface area contributed by atoms with Crippen molar-refractivity contribution in [3.8, 4) is 11.4 Å².